The van der Waals surface area contributed by atoms with Crippen molar-refractivity contribution >= 4 is 15.8 Å². The predicted molar refractivity (Wildman–Crippen MR) is 61.6 cm³/mol. The first-order chi connectivity index (χ1) is 7.51. The summed E-state index contributed by atoms with van der Waals surface area (Å²) in [6, 6.07) is 0. The van der Waals surface area contributed by atoms with Gasteiger partial charge in [-0.2, -0.15) is 0 Å². The zero-order chi connectivity index (χ0) is 11.8. The second kappa shape index (κ2) is 4.11. The van der Waals surface area contributed by atoms with E-state index in [1.165, 1.54) is 11.2 Å². The fraction of sp³-hybridized carbons (Fsp3) is 0.909. The molecular formula is C11H19NO3S. The highest BCUT2D eigenvalue weighted by atomic mass is 32.2. The van der Waals surface area contributed by atoms with Gasteiger partial charge in [0.1, 0.15) is 4.75 Å². The molecule has 0 atom stereocenters. The highest BCUT2D eigenvalue weighted by Crippen LogP contribution is 2.42. The Morgan fingerprint density at radius 3 is 2.00 bits per heavy atom. The molecule has 1 aliphatic heterocycles. The SMILES string of the molecule is CC(=O)C1(S(=O)(=O)N2CCCCC2)CCC1. The zero-order valence-electron chi connectivity index (χ0n) is 9.74. The molecule has 0 aromatic heterocycles. The van der Waals surface area contributed by atoms with Crippen molar-refractivity contribution in [3.05, 3.63) is 0 Å². The number of sulfonamides is 1. The summed E-state index contributed by atoms with van der Waals surface area (Å²) in [7, 11) is -3.40. The van der Waals surface area contributed by atoms with Crippen molar-refractivity contribution < 1.29 is 13.2 Å². The van der Waals surface area contributed by atoms with Crippen LogP contribution in [0.5, 0.6) is 0 Å². The minimum Gasteiger partial charge on any atom is -0.298 e. The molecule has 16 heavy (non-hydrogen) atoms. The molecule has 2 rings (SSSR count). The van der Waals surface area contributed by atoms with Crippen LogP contribution in [0.25, 0.3) is 0 Å². The van der Waals surface area contributed by atoms with Crippen LogP contribution in [0.1, 0.15) is 45.4 Å². The summed E-state index contributed by atoms with van der Waals surface area (Å²) in [6.45, 7) is 2.61. The second-order valence-electron chi connectivity index (χ2n) is 4.87. The standard InChI is InChI=1S/C11H19NO3S/c1-10(13)11(6-5-7-11)16(14,15)12-8-3-2-4-9-12/h2-9H2,1H3. The maximum absolute atomic E-state index is 12.4. The molecule has 2 aliphatic rings. The van der Waals surface area contributed by atoms with Gasteiger partial charge in [0, 0.05) is 13.1 Å². The van der Waals surface area contributed by atoms with Crippen LogP contribution in [-0.2, 0) is 14.8 Å². The molecule has 0 aromatic carbocycles. The van der Waals surface area contributed by atoms with Crippen molar-refractivity contribution in [1.29, 1.82) is 0 Å². The highest BCUT2D eigenvalue weighted by Gasteiger charge is 2.55. The molecule has 1 saturated heterocycles. The molecular weight excluding hydrogens is 226 g/mol. The van der Waals surface area contributed by atoms with Crippen molar-refractivity contribution in [3.8, 4) is 0 Å². The van der Waals surface area contributed by atoms with Crippen molar-refractivity contribution in [2.45, 2.75) is 50.2 Å². The van der Waals surface area contributed by atoms with Crippen molar-refractivity contribution in [2.24, 2.45) is 0 Å². The van der Waals surface area contributed by atoms with Crippen molar-refractivity contribution in [1.82, 2.24) is 4.31 Å². The third-order valence-electron chi connectivity index (χ3n) is 3.95. The first kappa shape index (κ1) is 12.0. The van der Waals surface area contributed by atoms with Crippen LogP contribution in [0, 0.1) is 0 Å². The molecule has 1 aliphatic carbocycles. The normalized spacial score (nSPS) is 26.1. The molecule has 1 heterocycles. The highest BCUT2D eigenvalue weighted by molar-refractivity contribution is 7.91. The van der Waals surface area contributed by atoms with Gasteiger partial charge in [-0.05, 0) is 39.0 Å². The maximum atomic E-state index is 12.4. The largest absolute Gasteiger partial charge is 0.298 e. The lowest BCUT2D eigenvalue weighted by Gasteiger charge is -2.42. The van der Waals surface area contributed by atoms with E-state index in [-0.39, 0.29) is 5.78 Å². The van der Waals surface area contributed by atoms with E-state index < -0.39 is 14.8 Å². The third kappa shape index (κ3) is 1.61. The maximum Gasteiger partial charge on any atom is 0.227 e. The molecule has 0 unspecified atom stereocenters. The van der Waals surface area contributed by atoms with Gasteiger partial charge in [-0.1, -0.05) is 6.42 Å². The third-order valence-corrected chi connectivity index (χ3v) is 6.68. The average molecular weight is 245 g/mol. The van der Waals surface area contributed by atoms with Crippen LogP contribution in [0.3, 0.4) is 0 Å². The van der Waals surface area contributed by atoms with Crippen LogP contribution < -0.4 is 0 Å². The molecule has 0 bridgehead atoms. The Hall–Kier alpha value is -0.420. The van der Waals surface area contributed by atoms with E-state index in [1.54, 1.807) is 0 Å². The van der Waals surface area contributed by atoms with E-state index in [9.17, 15) is 13.2 Å². The molecule has 92 valence electrons. The molecule has 5 heteroatoms. The summed E-state index contributed by atoms with van der Waals surface area (Å²) in [5.74, 6) is -0.177. The predicted octanol–water partition coefficient (Wildman–Crippen LogP) is 1.31. The Morgan fingerprint density at radius 1 is 1.06 bits per heavy atom. The summed E-state index contributed by atoms with van der Waals surface area (Å²) in [5, 5.41) is 0. The van der Waals surface area contributed by atoms with Gasteiger partial charge in [0.15, 0.2) is 5.78 Å². The number of ketones is 1. The number of piperidine rings is 1. The van der Waals surface area contributed by atoms with Gasteiger partial charge in [-0.3, -0.25) is 4.79 Å². The van der Waals surface area contributed by atoms with Gasteiger partial charge in [-0.15, -0.1) is 0 Å². The topological polar surface area (TPSA) is 54.5 Å². The van der Waals surface area contributed by atoms with Gasteiger partial charge >= 0.3 is 0 Å². The summed E-state index contributed by atoms with van der Waals surface area (Å²) < 4.78 is 25.3. The van der Waals surface area contributed by atoms with Crippen LogP contribution in [-0.4, -0.2) is 36.3 Å². The molecule has 2 fully saturated rings. The average Bonchev–Trinajstić information content (AvgIpc) is 2.16. The minimum absolute atomic E-state index is 0.177. The summed E-state index contributed by atoms with van der Waals surface area (Å²) in [5.41, 5.74) is 0. The number of hydrogen-bond acceptors (Lipinski definition) is 3. The number of carbonyl (C=O) groups excluding carboxylic acids is 1. The number of hydrogen-bond donors (Lipinski definition) is 0. The van der Waals surface area contributed by atoms with Gasteiger partial charge in [-0.25, -0.2) is 12.7 Å². The monoisotopic (exact) mass is 245 g/mol. The van der Waals surface area contributed by atoms with Crippen LogP contribution in [0.2, 0.25) is 0 Å². The Bertz CT molecular complexity index is 378. The molecule has 4 nitrogen and oxygen atoms in total. The fourth-order valence-electron chi connectivity index (χ4n) is 2.64. The van der Waals surface area contributed by atoms with E-state index >= 15 is 0 Å². The number of nitrogens with zero attached hydrogens (tertiary/aromatic N) is 1. The quantitative estimate of drug-likeness (QED) is 0.753. The van der Waals surface area contributed by atoms with Crippen LogP contribution >= 0.6 is 0 Å². The van der Waals surface area contributed by atoms with Crippen LogP contribution in [0.4, 0.5) is 0 Å². The summed E-state index contributed by atoms with van der Waals surface area (Å²) in [6.07, 6.45) is 4.83. The molecule has 0 spiro atoms. The lowest BCUT2D eigenvalue weighted by Crippen LogP contribution is -2.57. The minimum atomic E-state index is -3.40. The fourth-order valence-corrected chi connectivity index (χ4v) is 5.04. The van der Waals surface area contributed by atoms with Gasteiger partial charge in [0.2, 0.25) is 10.0 Å². The van der Waals surface area contributed by atoms with E-state index in [0.717, 1.165) is 25.7 Å². The van der Waals surface area contributed by atoms with E-state index in [1.807, 2.05) is 0 Å². The second-order valence-corrected chi connectivity index (χ2v) is 7.12. The van der Waals surface area contributed by atoms with E-state index in [4.69, 9.17) is 0 Å². The van der Waals surface area contributed by atoms with E-state index in [0.29, 0.717) is 25.9 Å². The number of rotatable bonds is 3. The van der Waals surface area contributed by atoms with Crippen molar-refractivity contribution in [2.75, 3.05) is 13.1 Å². The molecule has 0 amide bonds. The summed E-state index contributed by atoms with van der Waals surface area (Å²) >= 11 is 0. The van der Waals surface area contributed by atoms with Gasteiger partial charge in [0.05, 0.1) is 0 Å². The number of Topliss-reactive ketones (excluding diaryl/α,β-unsaturated/α-hetero) is 1. The Morgan fingerprint density at radius 2 is 1.62 bits per heavy atom. The Kier molecular flexibility index (Phi) is 3.09. The van der Waals surface area contributed by atoms with Crippen LogP contribution in [0.15, 0.2) is 0 Å². The Balaban J connectivity index is 2.26. The lowest BCUT2D eigenvalue weighted by molar-refractivity contribution is -0.121. The first-order valence-electron chi connectivity index (χ1n) is 6.01. The van der Waals surface area contributed by atoms with Gasteiger partial charge in [0.25, 0.3) is 0 Å². The summed E-state index contributed by atoms with van der Waals surface area (Å²) in [4.78, 5) is 11.6. The van der Waals surface area contributed by atoms with Crippen molar-refractivity contribution in [3.63, 3.8) is 0 Å². The molecule has 0 aromatic rings. The molecule has 0 N–H and O–H groups in total. The Labute approximate surface area is 97.1 Å². The lowest BCUT2D eigenvalue weighted by atomic mass is 9.81. The molecule has 0 radical (unpaired) electrons. The van der Waals surface area contributed by atoms with Gasteiger partial charge < -0.3 is 0 Å². The zero-order valence-corrected chi connectivity index (χ0v) is 10.6. The first-order valence-corrected chi connectivity index (χ1v) is 7.45. The smallest absolute Gasteiger partial charge is 0.227 e. The van der Waals surface area contributed by atoms with E-state index in [2.05, 4.69) is 0 Å². The number of carbonyl (C=O) groups is 1. The molecule has 1 saturated carbocycles.